The molecule has 0 fully saturated rings. The minimum absolute atomic E-state index is 0.712. The normalized spacial score (nSPS) is 31.2. The van der Waals surface area contributed by atoms with E-state index >= 15 is 0 Å². The van der Waals surface area contributed by atoms with E-state index in [9.17, 15) is 0 Å². The zero-order chi connectivity index (χ0) is 11.7. The van der Waals surface area contributed by atoms with Gasteiger partial charge < -0.3 is 0 Å². The highest BCUT2D eigenvalue weighted by molar-refractivity contribution is 5.35. The standard InChI is InChI=1S/C17H20/c1-13-11-15-9-5-6-10-16(15)17(12-13)14-7-3-2-4-8-14/h2-7,9-10,13-14,17H,8,11-12H2,1H3. The first-order valence-electron chi connectivity index (χ1n) is 6.75. The molecular weight excluding hydrogens is 204 g/mol. The Morgan fingerprint density at radius 3 is 2.82 bits per heavy atom. The molecule has 2 aliphatic carbocycles. The Morgan fingerprint density at radius 2 is 2.00 bits per heavy atom. The van der Waals surface area contributed by atoms with Crippen molar-refractivity contribution in [2.45, 2.75) is 32.1 Å². The molecule has 0 N–H and O–H groups in total. The van der Waals surface area contributed by atoms with Crippen LogP contribution in [0, 0.1) is 11.8 Å². The summed E-state index contributed by atoms with van der Waals surface area (Å²) < 4.78 is 0. The maximum absolute atomic E-state index is 2.40. The summed E-state index contributed by atoms with van der Waals surface area (Å²) in [5, 5.41) is 0. The van der Waals surface area contributed by atoms with E-state index in [1.54, 1.807) is 11.1 Å². The van der Waals surface area contributed by atoms with E-state index in [1.807, 2.05) is 0 Å². The zero-order valence-corrected chi connectivity index (χ0v) is 10.5. The molecular formula is C17H20. The second-order valence-corrected chi connectivity index (χ2v) is 5.56. The lowest BCUT2D eigenvalue weighted by Crippen LogP contribution is -2.22. The molecule has 88 valence electrons. The van der Waals surface area contributed by atoms with E-state index in [1.165, 1.54) is 19.3 Å². The topological polar surface area (TPSA) is 0 Å². The van der Waals surface area contributed by atoms with Crippen LogP contribution in [0.4, 0.5) is 0 Å². The summed E-state index contributed by atoms with van der Waals surface area (Å²) in [5.41, 5.74) is 3.19. The highest BCUT2D eigenvalue weighted by Gasteiger charge is 2.29. The van der Waals surface area contributed by atoms with Crippen molar-refractivity contribution in [3.05, 3.63) is 59.7 Å². The van der Waals surface area contributed by atoms with Crippen molar-refractivity contribution in [2.24, 2.45) is 11.8 Å². The average Bonchev–Trinajstić information content (AvgIpc) is 2.39. The van der Waals surface area contributed by atoms with Gasteiger partial charge in [-0.05, 0) is 48.1 Å². The average molecular weight is 224 g/mol. The summed E-state index contributed by atoms with van der Waals surface area (Å²) in [5.74, 6) is 2.27. The van der Waals surface area contributed by atoms with Gasteiger partial charge in [-0.25, -0.2) is 0 Å². The van der Waals surface area contributed by atoms with Crippen molar-refractivity contribution in [1.82, 2.24) is 0 Å². The summed E-state index contributed by atoms with van der Waals surface area (Å²) in [6, 6.07) is 9.05. The molecule has 1 aromatic rings. The van der Waals surface area contributed by atoms with Gasteiger partial charge in [-0.2, -0.15) is 0 Å². The van der Waals surface area contributed by atoms with Crippen LogP contribution in [0.15, 0.2) is 48.6 Å². The van der Waals surface area contributed by atoms with Gasteiger partial charge in [0.05, 0.1) is 0 Å². The van der Waals surface area contributed by atoms with E-state index in [-0.39, 0.29) is 0 Å². The van der Waals surface area contributed by atoms with Crippen LogP contribution in [0.1, 0.15) is 36.8 Å². The Bertz CT molecular complexity index is 453. The van der Waals surface area contributed by atoms with E-state index in [0.29, 0.717) is 5.92 Å². The molecule has 17 heavy (non-hydrogen) atoms. The molecule has 0 heteroatoms. The van der Waals surface area contributed by atoms with Gasteiger partial charge in [-0.1, -0.05) is 55.5 Å². The van der Waals surface area contributed by atoms with Crippen LogP contribution in [0.5, 0.6) is 0 Å². The van der Waals surface area contributed by atoms with Gasteiger partial charge in [0, 0.05) is 0 Å². The molecule has 0 heterocycles. The molecule has 0 saturated heterocycles. The molecule has 0 nitrogen and oxygen atoms in total. The quantitative estimate of drug-likeness (QED) is 0.659. The van der Waals surface area contributed by atoms with Crippen molar-refractivity contribution in [2.75, 3.05) is 0 Å². The number of hydrogen-bond donors (Lipinski definition) is 0. The monoisotopic (exact) mass is 224 g/mol. The first kappa shape index (κ1) is 10.8. The highest BCUT2D eigenvalue weighted by Crippen LogP contribution is 2.41. The third-order valence-corrected chi connectivity index (χ3v) is 4.21. The van der Waals surface area contributed by atoms with Crippen LogP contribution >= 0.6 is 0 Å². The van der Waals surface area contributed by atoms with E-state index in [0.717, 1.165) is 11.8 Å². The molecule has 0 bridgehead atoms. The Morgan fingerprint density at radius 1 is 1.12 bits per heavy atom. The molecule has 3 rings (SSSR count). The Balaban J connectivity index is 1.94. The lowest BCUT2D eigenvalue weighted by molar-refractivity contribution is 0.369. The Labute approximate surface area is 104 Å². The van der Waals surface area contributed by atoms with Gasteiger partial charge in [0.25, 0.3) is 0 Å². The molecule has 0 aromatic heterocycles. The molecule has 1 aromatic carbocycles. The van der Waals surface area contributed by atoms with Crippen molar-refractivity contribution < 1.29 is 0 Å². The number of benzene rings is 1. The minimum Gasteiger partial charge on any atom is -0.0839 e. The lowest BCUT2D eigenvalue weighted by atomic mass is 9.70. The summed E-state index contributed by atoms with van der Waals surface area (Å²) in [6.45, 7) is 2.39. The maximum atomic E-state index is 2.40. The number of fused-ring (bicyclic) bond motifs is 1. The second-order valence-electron chi connectivity index (χ2n) is 5.56. The summed E-state index contributed by atoms with van der Waals surface area (Å²) in [4.78, 5) is 0. The fraction of sp³-hybridized carbons (Fsp3) is 0.412. The number of rotatable bonds is 1. The summed E-state index contributed by atoms with van der Waals surface area (Å²) >= 11 is 0. The maximum Gasteiger partial charge on any atom is -0.00905 e. The second kappa shape index (κ2) is 4.52. The van der Waals surface area contributed by atoms with Gasteiger partial charge in [-0.15, -0.1) is 0 Å². The SMILES string of the molecule is CC1Cc2ccccc2C(C2C=CC=CC2)C1. The Kier molecular flexibility index (Phi) is 2.88. The van der Waals surface area contributed by atoms with Crippen LogP contribution in [0.25, 0.3) is 0 Å². The van der Waals surface area contributed by atoms with Gasteiger partial charge in [0.1, 0.15) is 0 Å². The molecule has 0 amide bonds. The van der Waals surface area contributed by atoms with Crippen molar-refractivity contribution >= 4 is 0 Å². The van der Waals surface area contributed by atoms with Crippen molar-refractivity contribution in [3.63, 3.8) is 0 Å². The van der Waals surface area contributed by atoms with Crippen molar-refractivity contribution in [3.8, 4) is 0 Å². The molecule has 0 radical (unpaired) electrons. The van der Waals surface area contributed by atoms with Gasteiger partial charge in [-0.3, -0.25) is 0 Å². The molecule has 0 spiro atoms. The van der Waals surface area contributed by atoms with Crippen LogP contribution in [0.2, 0.25) is 0 Å². The van der Waals surface area contributed by atoms with Crippen LogP contribution in [0.3, 0.4) is 0 Å². The largest absolute Gasteiger partial charge is 0.0839 e. The van der Waals surface area contributed by atoms with Crippen LogP contribution in [-0.4, -0.2) is 0 Å². The highest BCUT2D eigenvalue weighted by atomic mass is 14.3. The third-order valence-electron chi connectivity index (χ3n) is 4.21. The number of allylic oxidation sites excluding steroid dienone is 4. The predicted octanol–water partition coefficient (Wildman–Crippen LogP) is 4.48. The fourth-order valence-corrected chi connectivity index (χ4v) is 3.40. The molecule has 0 saturated carbocycles. The van der Waals surface area contributed by atoms with E-state index < -0.39 is 0 Å². The molecule has 2 aliphatic rings. The minimum atomic E-state index is 0.712. The van der Waals surface area contributed by atoms with E-state index in [2.05, 4.69) is 55.5 Å². The first-order valence-corrected chi connectivity index (χ1v) is 6.75. The molecule has 3 atom stereocenters. The van der Waals surface area contributed by atoms with Gasteiger partial charge >= 0.3 is 0 Å². The smallest absolute Gasteiger partial charge is 0.00905 e. The predicted molar refractivity (Wildman–Crippen MR) is 73.1 cm³/mol. The lowest BCUT2D eigenvalue weighted by Gasteiger charge is -2.34. The van der Waals surface area contributed by atoms with Crippen LogP contribution in [-0.2, 0) is 6.42 Å². The van der Waals surface area contributed by atoms with E-state index in [4.69, 9.17) is 0 Å². The number of hydrogen-bond acceptors (Lipinski definition) is 0. The van der Waals surface area contributed by atoms with Crippen LogP contribution < -0.4 is 0 Å². The third kappa shape index (κ3) is 2.09. The molecule has 3 unspecified atom stereocenters. The van der Waals surface area contributed by atoms with Crippen molar-refractivity contribution in [1.29, 1.82) is 0 Å². The summed E-state index contributed by atoms with van der Waals surface area (Å²) in [7, 11) is 0. The first-order chi connectivity index (χ1) is 8.34. The Hall–Kier alpha value is -1.30. The van der Waals surface area contributed by atoms with Gasteiger partial charge in [0.15, 0.2) is 0 Å². The summed E-state index contributed by atoms with van der Waals surface area (Å²) in [6.07, 6.45) is 12.9. The zero-order valence-electron chi connectivity index (χ0n) is 10.5. The fourth-order valence-electron chi connectivity index (χ4n) is 3.40. The van der Waals surface area contributed by atoms with Gasteiger partial charge in [0.2, 0.25) is 0 Å². The molecule has 0 aliphatic heterocycles.